The van der Waals surface area contributed by atoms with Crippen LogP contribution in [0.25, 0.3) is 11.3 Å². The summed E-state index contributed by atoms with van der Waals surface area (Å²) < 4.78 is 5.49. The number of anilines is 1. The molecule has 0 atom stereocenters. The lowest BCUT2D eigenvalue weighted by molar-refractivity contribution is -0.00774. The number of ether oxygens (including phenoxy) is 1. The Hall–Kier alpha value is -3.11. The van der Waals surface area contributed by atoms with Crippen LogP contribution in [-0.4, -0.2) is 58.8 Å². The Balaban J connectivity index is 1.76. The minimum atomic E-state index is -0.248. The average Bonchev–Trinajstić information content (AvgIpc) is 2.75. The molecule has 7 heteroatoms. The molecule has 1 aromatic heterocycles. The first-order valence-corrected chi connectivity index (χ1v) is 10.8. The van der Waals surface area contributed by atoms with Crippen LogP contribution in [0.1, 0.15) is 50.9 Å². The maximum atomic E-state index is 12.2. The van der Waals surface area contributed by atoms with E-state index in [0.717, 1.165) is 24.2 Å². The van der Waals surface area contributed by atoms with Gasteiger partial charge in [-0.2, -0.15) is 0 Å². The molecule has 0 radical (unpaired) electrons. The Morgan fingerprint density at radius 3 is 2.44 bits per heavy atom. The van der Waals surface area contributed by atoms with Crippen molar-refractivity contribution >= 4 is 11.7 Å². The first-order chi connectivity index (χ1) is 15.1. The Bertz CT molecular complexity index is 990. The Morgan fingerprint density at radius 1 is 1.19 bits per heavy atom. The summed E-state index contributed by atoms with van der Waals surface area (Å²) in [5.41, 5.74) is 2.09. The van der Waals surface area contributed by atoms with E-state index in [9.17, 15) is 4.79 Å². The van der Waals surface area contributed by atoms with E-state index >= 15 is 0 Å². The Labute approximate surface area is 190 Å². The van der Waals surface area contributed by atoms with Crippen molar-refractivity contribution in [1.82, 2.24) is 20.4 Å². The molecule has 0 bridgehead atoms. The standard InChI is InChI=1S/C25H33N5O2/c1-8-13-26-23(31)17-9-10-19(21(14-17)32-7)20-11-12-22(29-28-20)27-18-15-24(2,3)30(6)25(4,5)16-18/h1,9-12,14,18H,13,15-16H2,2-7H3,(H,26,31)(H,27,29). The molecule has 1 aliphatic rings. The van der Waals surface area contributed by atoms with Crippen LogP contribution in [0.3, 0.4) is 0 Å². The van der Waals surface area contributed by atoms with Crippen LogP contribution in [0.5, 0.6) is 5.75 Å². The van der Waals surface area contributed by atoms with Crippen LogP contribution in [0.2, 0.25) is 0 Å². The number of terminal acetylenes is 1. The number of nitrogens with one attached hydrogen (secondary N) is 2. The highest BCUT2D eigenvalue weighted by Crippen LogP contribution is 2.38. The van der Waals surface area contributed by atoms with Crippen molar-refractivity contribution in [3.8, 4) is 29.4 Å². The molecule has 2 aromatic rings. The summed E-state index contributed by atoms with van der Waals surface area (Å²) in [6, 6.07) is 9.37. The highest BCUT2D eigenvalue weighted by molar-refractivity contribution is 5.95. The number of rotatable bonds is 6. The van der Waals surface area contributed by atoms with Gasteiger partial charge in [-0.25, -0.2) is 0 Å². The highest BCUT2D eigenvalue weighted by Gasteiger charge is 2.43. The first-order valence-electron chi connectivity index (χ1n) is 10.8. The number of likely N-dealkylation sites (tertiary alicyclic amines) is 1. The van der Waals surface area contributed by atoms with E-state index in [1.807, 2.05) is 18.2 Å². The number of piperidine rings is 1. The van der Waals surface area contributed by atoms with Crippen LogP contribution in [0.15, 0.2) is 30.3 Å². The second-order valence-electron chi connectivity index (χ2n) is 9.54. The largest absolute Gasteiger partial charge is 0.496 e. The third-order valence-electron chi connectivity index (χ3n) is 6.42. The van der Waals surface area contributed by atoms with Crippen molar-refractivity contribution in [1.29, 1.82) is 0 Å². The van der Waals surface area contributed by atoms with Crippen molar-refractivity contribution in [2.75, 3.05) is 26.0 Å². The fourth-order valence-electron chi connectivity index (χ4n) is 4.51. The molecule has 2 heterocycles. The van der Waals surface area contributed by atoms with Crippen molar-refractivity contribution in [2.45, 2.75) is 57.7 Å². The monoisotopic (exact) mass is 435 g/mol. The van der Waals surface area contributed by atoms with Gasteiger partial charge in [-0.15, -0.1) is 16.6 Å². The molecule has 3 rings (SSSR count). The summed E-state index contributed by atoms with van der Waals surface area (Å²) >= 11 is 0. The van der Waals surface area contributed by atoms with Gasteiger partial charge in [0.25, 0.3) is 5.91 Å². The maximum Gasteiger partial charge on any atom is 0.252 e. The third-order valence-corrected chi connectivity index (χ3v) is 6.42. The second-order valence-corrected chi connectivity index (χ2v) is 9.54. The molecule has 1 fully saturated rings. The van der Waals surface area contributed by atoms with E-state index in [4.69, 9.17) is 11.2 Å². The van der Waals surface area contributed by atoms with Gasteiger partial charge in [0.15, 0.2) is 0 Å². The number of nitrogens with zero attached hydrogens (tertiary/aromatic N) is 3. The van der Waals surface area contributed by atoms with Gasteiger partial charge in [-0.05, 0) is 77.9 Å². The van der Waals surface area contributed by atoms with Crippen LogP contribution < -0.4 is 15.4 Å². The van der Waals surface area contributed by atoms with Gasteiger partial charge in [0.05, 0.1) is 19.3 Å². The molecule has 170 valence electrons. The maximum absolute atomic E-state index is 12.2. The van der Waals surface area contributed by atoms with Crippen molar-refractivity contribution < 1.29 is 9.53 Å². The summed E-state index contributed by atoms with van der Waals surface area (Å²) in [5, 5.41) is 15.0. The van der Waals surface area contributed by atoms with Crippen molar-refractivity contribution in [3.05, 3.63) is 35.9 Å². The molecule has 1 amide bonds. The number of aromatic nitrogens is 2. The number of methoxy groups -OCH3 is 1. The summed E-state index contributed by atoms with van der Waals surface area (Å²) in [7, 11) is 3.76. The van der Waals surface area contributed by atoms with E-state index < -0.39 is 0 Å². The fraction of sp³-hybridized carbons (Fsp3) is 0.480. The van der Waals surface area contributed by atoms with Gasteiger partial charge in [-0.1, -0.05) is 5.92 Å². The Morgan fingerprint density at radius 2 is 1.88 bits per heavy atom. The predicted molar refractivity (Wildman–Crippen MR) is 128 cm³/mol. The topological polar surface area (TPSA) is 79.4 Å². The van der Waals surface area contributed by atoms with E-state index in [1.165, 1.54) is 0 Å². The molecular formula is C25H33N5O2. The summed E-state index contributed by atoms with van der Waals surface area (Å²) in [6.45, 7) is 9.29. The Kier molecular flexibility index (Phi) is 6.75. The molecule has 32 heavy (non-hydrogen) atoms. The van der Waals surface area contributed by atoms with Crippen LogP contribution in [-0.2, 0) is 0 Å². The average molecular weight is 436 g/mol. The SMILES string of the molecule is C#CCNC(=O)c1ccc(-c2ccc(NC3CC(C)(C)N(C)C(C)(C)C3)nn2)c(OC)c1. The molecule has 1 aliphatic heterocycles. The number of hydrogen-bond donors (Lipinski definition) is 2. The van der Waals surface area contributed by atoms with Gasteiger partial charge in [0.2, 0.25) is 0 Å². The number of carbonyl (C=O) groups excluding carboxylic acids is 1. The quantitative estimate of drug-likeness (QED) is 0.676. The van der Waals surface area contributed by atoms with Crippen LogP contribution >= 0.6 is 0 Å². The zero-order valence-electron chi connectivity index (χ0n) is 19.8. The second kappa shape index (κ2) is 9.17. The van der Waals surface area contributed by atoms with E-state index in [1.54, 1.807) is 19.2 Å². The molecule has 0 spiro atoms. The molecular weight excluding hydrogens is 402 g/mol. The summed E-state index contributed by atoms with van der Waals surface area (Å²) in [4.78, 5) is 14.6. The van der Waals surface area contributed by atoms with E-state index in [-0.39, 0.29) is 23.5 Å². The lowest BCUT2D eigenvalue weighted by atomic mass is 9.77. The molecule has 0 unspecified atom stereocenters. The molecule has 7 nitrogen and oxygen atoms in total. The number of amides is 1. The number of carbonyl (C=O) groups is 1. The fourth-order valence-corrected chi connectivity index (χ4v) is 4.51. The van der Waals surface area contributed by atoms with E-state index in [0.29, 0.717) is 23.0 Å². The van der Waals surface area contributed by atoms with Gasteiger partial charge in [0.1, 0.15) is 11.6 Å². The summed E-state index contributed by atoms with van der Waals surface area (Å²) in [5.74, 6) is 3.44. The summed E-state index contributed by atoms with van der Waals surface area (Å²) in [6.07, 6.45) is 7.25. The van der Waals surface area contributed by atoms with Gasteiger partial charge < -0.3 is 15.4 Å². The minimum absolute atomic E-state index is 0.0917. The van der Waals surface area contributed by atoms with E-state index in [2.05, 4.69) is 66.4 Å². The highest BCUT2D eigenvalue weighted by atomic mass is 16.5. The van der Waals surface area contributed by atoms with Gasteiger partial charge in [0, 0.05) is 28.2 Å². The predicted octanol–water partition coefficient (Wildman–Crippen LogP) is 3.58. The van der Waals surface area contributed by atoms with Gasteiger partial charge >= 0.3 is 0 Å². The van der Waals surface area contributed by atoms with Crippen molar-refractivity contribution in [2.24, 2.45) is 0 Å². The lowest BCUT2D eigenvalue weighted by Gasteiger charge is -2.53. The number of benzene rings is 1. The lowest BCUT2D eigenvalue weighted by Crippen LogP contribution is -2.61. The smallest absolute Gasteiger partial charge is 0.252 e. The minimum Gasteiger partial charge on any atom is -0.496 e. The van der Waals surface area contributed by atoms with Crippen LogP contribution in [0.4, 0.5) is 5.82 Å². The first kappa shape index (κ1) is 23.6. The molecule has 1 aromatic carbocycles. The molecule has 2 N–H and O–H groups in total. The number of hydrogen-bond acceptors (Lipinski definition) is 6. The zero-order chi connectivity index (χ0) is 23.5. The molecule has 1 saturated heterocycles. The zero-order valence-corrected chi connectivity index (χ0v) is 19.8. The van der Waals surface area contributed by atoms with Crippen molar-refractivity contribution in [3.63, 3.8) is 0 Å². The van der Waals surface area contributed by atoms with Crippen LogP contribution in [0, 0.1) is 12.3 Å². The normalized spacial score (nSPS) is 17.9. The van der Waals surface area contributed by atoms with Gasteiger partial charge in [-0.3, -0.25) is 9.69 Å². The molecule has 0 aliphatic carbocycles. The third kappa shape index (κ3) is 5.03. The molecule has 0 saturated carbocycles.